The van der Waals surface area contributed by atoms with Crippen molar-refractivity contribution in [1.29, 1.82) is 0 Å². The number of amides is 1. The number of nitrogens with one attached hydrogen (secondary N) is 2. The smallest absolute Gasteiger partial charge is 0.281 e. The fourth-order valence-corrected chi connectivity index (χ4v) is 6.88. The number of quaternary nitrogens is 1. The Balaban J connectivity index is 1.41. The van der Waals surface area contributed by atoms with Crippen LogP contribution in [0.5, 0.6) is 0 Å². The highest BCUT2D eigenvalue weighted by Crippen LogP contribution is 2.23. The Kier molecular flexibility index (Phi) is 7.75. The highest BCUT2D eigenvalue weighted by molar-refractivity contribution is 7.86. The molecule has 0 unspecified atom stereocenters. The highest BCUT2D eigenvalue weighted by Gasteiger charge is 2.35. The average Bonchev–Trinajstić information content (AvgIpc) is 2.71. The third kappa shape index (κ3) is 5.26. The SMILES string of the molecule is C[C@@H]1CCC[C@@H](C)[NH+]1CCNC(=O)C1CCN(S(=O)(=O)N2CCCCC2)CC1. The van der Waals surface area contributed by atoms with E-state index in [0.717, 1.165) is 32.4 Å². The second kappa shape index (κ2) is 9.87. The van der Waals surface area contributed by atoms with Crippen LogP contribution in [0.3, 0.4) is 0 Å². The third-order valence-electron chi connectivity index (χ3n) is 7.05. The molecule has 0 aromatic carbocycles. The first-order valence-electron chi connectivity index (χ1n) is 11.3. The van der Waals surface area contributed by atoms with Gasteiger partial charge in [-0.25, -0.2) is 0 Å². The van der Waals surface area contributed by atoms with Crippen LogP contribution in [0.4, 0.5) is 0 Å². The number of piperidine rings is 3. The molecule has 0 bridgehead atoms. The molecule has 0 aromatic rings. The van der Waals surface area contributed by atoms with Gasteiger partial charge in [0.1, 0.15) is 0 Å². The van der Waals surface area contributed by atoms with Gasteiger partial charge in [0.2, 0.25) is 5.91 Å². The van der Waals surface area contributed by atoms with Gasteiger partial charge in [0.05, 0.1) is 25.2 Å². The molecule has 0 radical (unpaired) electrons. The van der Waals surface area contributed by atoms with Gasteiger partial charge in [0, 0.05) is 32.1 Å². The van der Waals surface area contributed by atoms with Crippen LogP contribution in [0.15, 0.2) is 0 Å². The molecule has 0 saturated carbocycles. The van der Waals surface area contributed by atoms with Crippen LogP contribution < -0.4 is 10.2 Å². The van der Waals surface area contributed by atoms with Crippen molar-refractivity contribution in [2.75, 3.05) is 39.3 Å². The van der Waals surface area contributed by atoms with Gasteiger partial charge in [-0.15, -0.1) is 0 Å². The molecule has 8 heteroatoms. The number of nitrogens with zero attached hydrogens (tertiary/aromatic N) is 2. The summed E-state index contributed by atoms with van der Waals surface area (Å²) in [6.07, 6.45) is 8.14. The quantitative estimate of drug-likeness (QED) is 0.659. The molecule has 3 heterocycles. The first-order chi connectivity index (χ1) is 13.4. The molecule has 2 N–H and O–H groups in total. The lowest BCUT2D eigenvalue weighted by Crippen LogP contribution is -3.19. The second-order valence-corrected chi connectivity index (χ2v) is 10.9. The van der Waals surface area contributed by atoms with E-state index in [4.69, 9.17) is 0 Å². The number of carbonyl (C=O) groups is 1. The van der Waals surface area contributed by atoms with E-state index in [-0.39, 0.29) is 11.8 Å². The van der Waals surface area contributed by atoms with E-state index >= 15 is 0 Å². The first-order valence-corrected chi connectivity index (χ1v) is 12.7. The van der Waals surface area contributed by atoms with E-state index in [0.29, 0.717) is 51.1 Å². The van der Waals surface area contributed by atoms with Crippen molar-refractivity contribution in [3.8, 4) is 0 Å². The molecule has 3 saturated heterocycles. The van der Waals surface area contributed by atoms with Crippen LogP contribution in [0, 0.1) is 5.92 Å². The molecule has 7 nitrogen and oxygen atoms in total. The van der Waals surface area contributed by atoms with Crippen molar-refractivity contribution >= 4 is 16.1 Å². The maximum Gasteiger partial charge on any atom is 0.281 e. The summed E-state index contributed by atoms with van der Waals surface area (Å²) >= 11 is 0. The molecule has 0 spiro atoms. The second-order valence-electron chi connectivity index (χ2n) is 8.99. The monoisotopic (exact) mass is 415 g/mol. The van der Waals surface area contributed by atoms with Crippen molar-refractivity contribution in [3.05, 3.63) is 0 Å². The molecule has 28 heavy (non-hydrogen) atoms. The Bertz CT molecular complexity index is 603. The minimum absolute atomic E-state index is 0.0565. The van der Waals surface area contributed by atoms with Gasteiger partial charge in [-0.3, -0.25) is 4.79 Å². The predicted octanol–water partition coefficient (Wildman–Crippen LogP) is 0.391. The molecule has 1 amide bonds. The van der Waals surface area contributed by atoms with Crippen LogP contribution in [0.2, 0.25) is 0 Å². The van der Waals surface area contributed by atoms with E-state index in [1.54, 1.807) is 13.5 Å². The Labute approximate surface area is 171 Å². The molecule has 3 aliphatic heterocycles. The van der Waals surface area contributed by atoms with Crippen LogP contribution >= 0.6 is 0 Å². The lowest BCUT2D eigenvalue weighted by atomic mass is 9.97. The summed E-state index contributed by atoms with van der Waals surface area (Å²) in [5, 5.41) is 3.12. The summed E-state index contributed by atoms with van der Waals surface area (Å²) in [4.78, 5) is 14.2. The van der Waals surface area contributed by atoms with Gasteiger partial charge in [-0.05, 0) is 58.8 Å². The Morgan fingerprint density at radius 2 is 1.46 bits per heavy atom. The van der Waals surface area contributed by atoms with Crippen LogP contribution in [0.1, 0.15) is 65.2 Å². The summed E-state index contributed by atoms with van der Waals surface area (Å²) in [5.74, 6) is 0.0470. The van der Waals surface area contributed by atoms with Crippen LogP contribution in [-0.4, -0.2) is 74.3 Å². The molecular weight excluding hydrogens is 376 g/mol. The van der Waals surface area contributed by atoms with Crippen molar-refractivity contribution in [1.82, 2.24) is 13.9 Å². The van der Waals surface area contributed by atoms with E-state index in [1.807, 2.05) is 0 Å². The predicted molar refractivity (Wildman–Crippen MR) is 110 cm³/mol. The lowest BCUT2D eigenvalue weighted by Gasteiger charge is -2.36. The summed E-state index contributed by atoms with van der Waals surface area (Å²) in [5.41, 5.74) is 0. The number of likely N-dealkylation sites (tertiary alicyclic amines) is 1. The third-order valence-corrected chi connectivity index (χ3v) is 9.08. The summed E-state index contributed by atoms with van der Waals surface area (Å²) < 4.78 is 28.8. The molecule has 3 fully saturated rings. The average molecular weight is 416 g/mol. The Morgan fingerprint density at radius 1 is 0.893 bits per heavy atom. The molecule has 0 aliphatic carbocycles. The number of hydrogen-bond donors (Lipinski definition) is 2. The van der Waals surface area contributed by atoms with Crippen molar-refractivity contribution < 1.29 is 18.1 Å². The van der Waals surface area contributed by atoms with E-state index in [1.165, 1.54) is 19.3 Å². The van der Waals surface area contributed by atoms with Crippen molar-refractivity contribution in [2.24, 2.45) is 5.92 Å². The van der Waals surface area contributed by atoms with Gasteiger partial charge in [-0.2, -0.15) is 17.0 Å². The maximum absolute atomic E-state index is 12.8. The molecule has 2 atom stereocenters. The summed E-state index contributed by atoms with van der Waals surface area (Å²) in [6, 6.07) is 1.34. The summed E-state index contributed by atoms with van der Waals surface area (Å²) in [7, 11) is -3.35. The molecule has 162 valence electrons. The molecular formula is C20H39N4O3S+. The van der Waals surface area contributed by atoms with E-state index < -0.39 is 10.2 Å². The summed E-state index contributed by atoms with van der Waals surface area (Å²) in [6.45, 7) is 8.52. The fraction of sp³-hybridized carbons (Fsp3) is 0.950. The van der Waals surface area contributed by atoms with Crippen molar-refractivity contribution in [3.63, 3.8) is 0 Å². The number of carbonyl (C=O) groups excluding carboxylic acids is 1. The molecule has 0 aromatic heterocycles. The molecule has 3 rings (SSSR count). The van der Waals surface area contributed by atoms with Gasteiger partial charge in [-0.1, -0.05) is 6.42 Å². The minimum atomic E-state index is -3.35. The van der Waals surface area contributed by atoms with Crippen LogP contribution in [0.25, 0.3) is 0 Å². The molecule has 3 aliphatic rings. The van der Waals surface area contributed by atoms with Gasteiger partial charge in [0.25, 0.3) is 10.2 Å². The largest absolute Gasteiger partial charge is 0.350 e. The normalized spacial score (nSPS) is 29.6. The van der Waals surface area contributed by atoms with E-state index in [2.05, 4.69) is 19.2 Å². The standard InChI is InChI=1S/C20H38N4O3S/c1-17-7-6-8-18(2)24(17)16-11-21-20(25)19-9-14-23(15-10-19)28(26,27)22-12-4-3-5-13-22/h17-19H,3-16H2,1-2H3,(H,21,25)/p+1/t17-,18-/m1/s1. The zero-order valence-corrected chi connectivity index (χ0v) is 18.5. The zero-order chi connectivity index (χ0) is 20.1. The lowest BCUT2D eigenvalue weighted by molar-refractivity contribution is -0.950. The van der Waals surface area contributed by atoms with Gasteiger partial charge in [0.15, 0.2) is 0 Å². The maximum atomic E-state index is 12.8. The highest BCUT2D eigenvalue weighted by atomic mass is 32.2. The van der Waals surface area contributed by atoms with Gasteiger partial charge >= 0.3 is 0 Å². The Morgan fingerprint density at radius 3 is 2.07 bits per heavy atom. The van der Waals surface area contributed by atoms with E-state index in [9.17, 15) is 13.2 Å². The fourth-order valence-electron chi connectivity index (χ4n) is 5.16. The topological polar surface area (TPSA) is 74.2 Å². The van der Waals surface area contributed by atoms with Gasteiger partial charge < -0.3 is 10.2 Å². The minimum Gasteiger partial charge on any atom is -0.350 e. The number of rotatable bonds is 6. The Hall–Kier alpha value is -0.700. The van der Waals surface area contributed by atoms with Crippen molar-refractivity contribution in [2.45, 2.75) is 77.3 Å². The number of hydrogen-bond acceptors (Lipinski definition) is 3. The zero-order valence-electron chi connectivity index (χ0n) is 17.7. The first kappa shape index (κ1) is 22.0. The van der Waals surface area contributed by atoms with Crippen LogP contribution in [-0.2, 0) is 15.0 Å².